The summed E-state index contributed by atoms with van der Waals surface area (Å²) >= 11 is 8.91. The topological polar surface area (TPSA) is 59.4 Å². The van der Waals surface area contributed by atoms with Crippen molar-refractivity contribution in [1.29, 1.82) is 0 Å². The molecule has 0 radical (unpaired) electrons. The Hall–Kier alpha value is -1.59. The maximum atomic E-state index is 11.1. The highest BCUT2D eigenvalue weighted by Crippen LogP contribution is 2.27. The van der Waals surface area contributed by atoms with Gasteiger partial charge in [0.05, 0.1) is 5.02 Å². The van der Waals surface area contributed by atoms with Gasteiger partial charge in [0, 0.05) is 16.7 Å². The number of hydrogen-bond acceptors (Lipinski definition) is 3. The van der Waals surface area contributed by atoms with Crippen molar-refractivity contribution in [3.05, 3.63) is 51.6 Å². The van der Waals surface area contributed by atoms with E-state index in [1.54, 1.807) is 24.3 Å². The Morgan fingerprint density at radius 3 is 2.72 bits per heavy atom. The van der Waals surface area contributed by atoms with Crippen molar-refractivity contribution in [3.63, 3.8) is 0 Å². The molecule has 1 aromatic carbocycles. The number of benzene rings is 1. The van der Waals surface area contributed by atoms with Crippen LogP contribution in [0.5, 0.6) is 11.6 Å². The molecule has 2 aromatic rings. The summed E-state index contributed by atoms with van der Waals surface area (Å²) in [6.45, 7) is 0. The molecule has 0 aliphatic heterocycles. The first kappa shape index (κ1) is 12.9. The Balaban J connectivity index is 2.34. The number of halogens is 2. The van der Waals surface area contributed by atoms with Gasteiger partial charge in [0.2, 0.25) is 5.88 Å². The van der Waals surface area contributed by atoms with Crippen LogP contribution in [-0.4, -0.2) is 16.1 Å². The normalized spacial score (nSPS) is 10.1. The molecule has 2 rings (SSSR count). The van der Waals surface area contributed by atoms with Gasteiger partial charge in [0.1, 0.15) is 11.3 Å². The minimum absolute atomic E-state index is 0.0566. The summed E-state index contributed by atoms with van der Waals surface area (Å²) < 4.78 is 6.07. The minimum Gasteiger partial charge on any atom is -0.478 e. The summed E-state index contributed by atoms with van der Waals surface area (Å²) in [5, 5.41) is 9.55. The fourth-order valence-electron chi connectivity index (χ4n) is 1.29. The van der Waals surface area contributed by atoms with E-state index in [-0.39, 0.29) is 17.2 Å². The second-order valence-electron chi connectivity index (χ2n) is 3.36. The van der Waals surface area contributed by atoms with Gasteiger partial charge in [-0.3, -0.25) is 0 Å². The van der Waals surface area contributed by atoms with Gasteiger partial charge < -0.3 is 9.84 Å². The fourth-order valence-corrected chi connectivity index (χ4v) is 1.77. The van der Waals surface area contributed by atoms with Gasteiger partial charge in [0.25, 0.3) is 0 Å². The number of hydrogen-bond donors (Lipinski definition) is 1. The van der Waals surface area contributed by atoms with Crippen molar-refractivity contribution in [3.8, 4) is 11.6 Å². The first-order valence-electron chi connectivity index (χ1n) is 4.88. The molecule has 0 saturated heterocycles. The first-order valence-corrected chi connectivity index (χ1v) is 6.05. The molecule has 18 heavy (non-hydrogen) atoms. The molecule has 0 aliphatic carbocycles. The molecule has 0 amide bonds. The fraction of sp³-hybridized carbons (Fsp3) is 0. The van der Waals surface area contributed by atoms with Crippen molar-refractivity contribution in [2.75, 3.05) is 0 Å². The van der Waals surface area contributed by atoms with Crippen molar-refractivity contribution in [2.24, 2.45) is 0 Å². The maximum absolute atomic E-state index is 11.1. The highest BCUT2D eigenvalue weighted by Gasteiger charge is 2.13. The molecule has 1 N–H and O–H groups in total. The number of carbonyl (C=O) groups is 1. The third kappa shape index (κ3) is 3.00. The highest BCUT2D eigenvalue weighted by molar-refractivity contribution is 9.10. The zero-order chi connectivity index (χ0) is 13.1. The molecule has 1 heterocycles. The number of nitrogens with zero attached hydrogens (tertiary/aromatic N) is 1. The molecule has 6 heteroatoms. The summed E-state index contributed by atoms with van der Waals surface area (Å²) in [5.41, 5.74) is 0.0566. The van der Waals surface area contributed by atoms with Crippen molar-refractivity contribution in [1.82, 2.24) is 4.98 Å². The molecule has 0 aliphatic rings. The third-order valence-corrected chi connectivity index (χ3v) is 2.80. The number of aromatic nitrogens is 1. The van der Waals surface area contributed by atoms with E-state index in [1.165, 1.54) is 12.3 Å². The summed E-state index contributed by atoms with van der Waals surface area (Å²) in [5.74, 6) is -0.565. The standard InChI is InChI=1S/C12H7BrClNO3/c13-7-1-3-10(9(5-7)12(16)17)18-11-4-2-8(14)6-15-11/h1-6H,(H,16,17). The quantitative estimate of drug-likeness (QED) is 0.925. The second kappa shape index (κ2) is 5.37. The molecule has 0 spiro atoms. The Labute approximate surface area is 116 Å². The average molecular weight is 329 g/mol. The van der Waals surface area contributed by atoms with Gasteiger partial charge in [-0.15, -0.1) is 0 Å². The smallest absolute Gasteiger partial charge is 0.339 e. The van der Waals surface area contributed by atoms with Crippen LogP contribution in [0.3, 0.4) is 0 Å². The zero-order valence-electron chi connectivity index (χ0n) is 8.93. The molecule has 1 aromatic heterocycles. The Morgan fingerprint density at radius 2 is 2.11 bits per heavy atom. The Kier molecular flexibility index (Phi) is 3.84. The Morgan fingerprint density at radius 1 is 1.33 bits per heavy atom. The van der Waals surface area contributed by atoms with Crippen LogP contribution in [0, 0.1) is 0 Å². The van der Waals surface area contributed by atoms with E-state index in [0.29, 0.717) is 9.50 Å². The summed E-state index contributed by atoms with van der Waals surface area (Å²) in [6.07, 6.45) is 1.43. The molecule has 92 valence electrons. The van der Waals surface area contributed by atoms with Gasteiger partial charge in [0.15, 0.2) is 0 Å². The minimum atomic E-state index is -1.07. The number of ether oxygens (including phenoxy) is 1. The van der Waals surface area contributed by atoms with Crippen LogP contribution in [0.1, 0.15) is 10.4 Å². The van der Waals surface area contributed by atoms with Crippen LogP contribution in [0.15, 0.2) is 41.0 Å². The predicted octanol–water partition coefficient (Wildman–Crippen LogP) is 3.99. The number of carboxylic acids is 1. The zero-order valence-corrected chi connectivity index (χ0v) is 11.3. The lowest BCUT2D eigenvalue weighted by Crippen LogP contribution is -2.00. The molecule has 0 fully saturated rings. The summed E-state index contributed by atoms with van der Waals surface area (Å²) in [4.78, 5) is 15.0. The molecule has 4 nitrogen and oxygen atoms in total. The lowest BCUT2D eigenvalue weighted by molar-refractivity contribution is 0.0694. The SMILES string of the molecule is O=C(O)c1cc(Br)ccc1Oc1ccc(Cl)cn1. The average Bonchev–Trinajstić information content (AvgIpc) is 2.34. The molecule has 0 unspecified atom stereocenters. The van der Waals surface area contributed by atoms with Crippen molar-refractivity contribution < 1.29 is 14.6 Å². The molecule has 0 atom stereocenters. The van der Waals surface area contributed by atoms with Crippen molar-refractivity contribution >= 4 is 33.5 Å². The lowest BCUT2D eigenvalue weighted by Gasteiger charge is -2.08. The largest absolute Gasteiger partial charge is 0.478 e. The number of aromatic carboxylic acids is 1. The summed E-state index contributed by atoms with van der Waals surface area (Å²) in [6, 6.07) is 7.90. The van der Waals surface area contributed by atoms with Crippen LogP contribution in [0.4, 0.5) is 0 Å². The molecular formula is C12H7BrClNO3. The first-order chi connectivity index (χ1) is 8.56. The van der Waals surface area contributed by atoms with Gasteiger partial charge >= 0.3 is 5.97 Å². The highest BCUT2D eigenvalue weighted by atomic mass is 79.9. The lowest BCUT2D eigenvalue weighted by atomic mass is 10.2. The molecule has 0 saturated carbocycles. The molecule has 0 bridgehead atoms. The van der Waals surface area contributed by atoms with Crippen LogP contribution in [0.25, 0.3) is 0 Å². The van der Waals surface area contributed by atoms with E-state index in [9.17, 15) is 4.79 Å². The van der Waals surface area contributed by atoms with Gasteiger partial charge in [-0.1, -0.05) is 27.5 Å². The number of rotatable bonds is 3. The van der Waals surface area contributed by atoms with E-state index in [4.69, 9.17) is 21.4 Å². The van der Waals surface area contributed by atoms with E-state index >= 15 is 0 Å². The summed E-state index contributed by atoms with van der Waals surface area (Å²) in [7, 11) is 0. The van der Waals surface area contributed by atoms with Gasteiger partial charge in [-0.25, -0.2) is 9.78 Å². The number of carboxylic acid groups (broad SMARTS) is 1. The second-order valence-corrected chi connectivity index (χ2v) is 4.71. The van der Waals surface area contributed by atoms with Gasteiger partial charge in [-0.05, 0) is 24.3 Å². The van der Waals surface area contributed by atoms with E-state index in [2.05, 4.69) is 20.9 Å². The molecular weight excluding hydrogens is 321 g/mol. The van der Waals surface area contributed by atoms with Crippen LogP contribution >= 0.6 is 27.5 Å². The van der Waals surface area contributed by atoms with Crippen LogP contribution < -0.4 is 4.74 Å². The van der Waals surface area contributed by atoms with Crippen LogP contribution in [-0.2, 0) is 0 Å². The Bertz CT molecular complexity index is 586. The van der Waals surface area contributed by atoms with E-state index in [0.717, 1.165) is 0 Å². The van der Waals surface area contributed by atoms with Crippen LogP contribution in [0.2, 0.25) is 5.02 Å². The van der Waals surface area contributed by atoms with Crippen molar-refractivity contribution in [2.45, 2.75) is 0 Å². The predicted molar refractivity (Wildman–Crippen MR) is 70.4 cm³/mol. The third-order valence-electron chi connectivity index (χ3n) is 2.09. The number of pyridine rings is 1. The maximum Gasteiger partial charge on any atom is 0.339 e. The van der Waals surface area contributed by atoms with Gasteiger partial charge in [-0.2, -0.15) is 0 Å². The monoisotopic (exact) mass is 327 g/mol. The van der Waals surface area contributed by atoms with E-state index < -0.39 is 5.97 Å². The van der Waals surface area contributed by atoms with E-state index in [1.807, 2.05) is 0 Å².